The average molecular weight is 529 g/mol. The summed E-state index contributed by atoms with van der Waals surface area (Å²) in [6.07, 6.45) is 10.4. The van der Waals surface area contributed by atoms with Crippen LogP contribution >= 0.6 is 24.0 Å². The van der Waals surface area contributed by atoms with Crippen molar-refractivity contribution in [2.75, 3.05) is 39.0 Å². The summed E-state index contributed by atoms with van der Waals surface area (Å²) in [6, 6.07) is 0. The molecule has 1 heterocycles. The van der Waals surface area contributed by atoms with Crippen molar-refractivity contribution in [2.24, 2.45) is 4.99 Å². The highest BCUT2D eigenvalue weighted by molar-refractivity contribution is 14.0. The Morgan fingerprint density at radius 3 is 2.11 bits per heavy atom. The Hall–Kier alpha value is -0.0900. The average Bonchev–Trinajstić information content (AvgIpc) is 2.65. The largest absolute Gasteiger partial charge is 0.355 e. The smallest absolute Gasteiger partial charge is 0.191 e. The lowest BCUT2D eigenvalue weighted by Gasteiger charge is -2.48. The number of hydrogen-bond donors (Lipinski definition) is 2. The first kappa shape index (κ1) is 25.9. The summed E-state index contributed by atoms with van der Waals surface area (Å²) in [5.41, 5.74) is 0.230. The lowest BCUT2D eigenvalue weighted by atomic mass is 9.79. The van der Waals surface area contributed by atoms with E-state index in [0.29, 0.717) is 12.5 Å². The van der Waals surface area contributed by atoms with Crippen molar-refractivity contribution in [3.05, 3.63) is 0 Å². The van der Waals surface area contributed by atoms with Gasteiger partial charge in [-0.25, -0.2) is 8.42 Å². The maximum atomic E-state index is 12.3. The minimum atomic E-state index is -3.12. The highest BCUT2D eigenvalue weighted by Gasteiger charge is 2.38. The quantitative estimate of drug-likeness (QED) is 0.315. The van der Waals surface area contributed by atoms with Gasteiger partial charge in [-0.15, -0.1) is 24.0 Å². The van der Waals surface area contributed by atoms with Gasteiger partial charge in [0, 0.05) is 25.7 Å². The van der Waals surface area contributed by atoms with E-state index in [4.69, 9.17) is 0 Å². The van der Waals surface area contributed by atoms with Crippen LogP contribution in [0.4, 0.5) is 0 Å². The third-order valence-corrected chi connectivity index (χ3v) is 8.82. The van der Waals surface area contributed by atoms with Gasteiger partial charge >= 0.3 is 0 Å². The number of aliphatic imine (C=N–C) groups is 1. The number of piperidine rings is 1. The molecule has 0 aromatic heterocycles. The monoisotopic (exact) mass is 528 g/mol. The van der Waals surface area contributed by atoms with Gasteiger partial charge in [0.2, 0.25) is 0 Å². The molecule has 1 aliphatic heterocycles. The van der Waals surface area contributed by atoms with Gasteiger partial charge in [-0.3, -0.25) is 9.89 Å². The van der Waals surface area contributed by atoms with Crippen LogP contribution in [0, 0.1) is 0 Å². The van der Waals surface area contributed by atoms with Gasteiger partial charge in [0.05, 0.1) is 10.5 Å². The van der Waals surface area contributed by atoms with Gasteiger partial charge in [-0.2, -0.15) is 0 Å². The highest BCUT2D eigenvalue weighted by atomic mass is 127. The van der Waals surface area contributed by atoms with Gasteiger partial charge in [0.25, 0.3) is 0 Å². The Balaban J connectivity index is 0.00000392. The first-order chi connectivity index (χ1) is 12.7. The standard InChI is InChI=1S/C20H40N4O2S.HI/c1-19(2,3)27(25,26)16-13-22-18(21-4)23-17-20(11-7-5-8-12-20)24-14-9-6-10-15-24;/h5-17H2,1-4H3,(H2,21,22,23);1H. The van der Waals surface area contributed by atoms with Crippen LogP contribution in [0.25, 0.3) is 0 Å². The molecule has 2 rings (SSSR count). The molecular formula is C20H41IN4O2S. The zero-order valence-electron chi connectivity index (χ0n) is 18.2. The molecular weight excluding hydrogens is 487 g/mol. The molecule has 0 spiro atoms. The van der Waals surface area contributed by atoms with Crippen molar-refractivity contribution in [3.8, 4) is 0 Å². The fraction of sp³-hybridized carbons (Fsp3) is 0.950. The molecule has 0 atom stereocenters. The van der Waals surface area contributed by atoms with Crippen molar-refractivity contribution < 1.29 is 8.42 Å². The van der Waals surface area contributed by atoms with E-state index >= 15 is 0 Å². The minimum absolute atomic E-state index is 0. The molecule has 1 aliphatic carbocycles. The van der Waals surface area contributed by atoms with E-state index in [0.717, 1.165) is 6.54 Å². The van der Waals surface area contributed by atoms with Crippen molar-refractivity contribution >= 4 is 39.8 Å². The van der Waals surface area contributed by atoms with Crippen molar-refractivity contribution in [2.45, 2.75) is 82.4 Å². The molecule has 0 bridgehead atoms. The van der Waals surface area contributed by atoms with Crippen LogP contribution in [-0.2, 0) is 9.84 Å². The van der Waals surface area contributed by atoms with Gasteiger partial charge < -0.3 is 10.6 Å². The first-order valence-corrected chi connectivity index (χ1v) is 12.3. The Kier molecular flexibility index (Phi) is 10.5. The van der Waals surface area contributed by atoms with E-state index in [1.807, 2.05) is 0 Å². The summed E-state index contributed by atoms with van der Waals surface area (Å²) in [5.74, 6) is 0.829. The predicted octanol–water partition coefficient (Wildman–Crippen LogP) is 3.17. The van der Waals surface area contributed by atoms with E-state index in [2.05, 4.69) is 20.5 Å². The topological polar surface area (TPSA) is 73.8 Å². The number of nitrogens with zero attached hydrogens (tertiary/aromatic N) is 2. The molecule has 2 N–H and O–H groups in total. The molecule has 6 nitrogen and oxygen atoms in total. The van der Waals surface area contributed by atoms with Crippen molar-refractivity contribution in [3.63, 3.8) is 0 Å². The molecule has 2 fully saturated rings. The summed E-state index contributed by atoms with van der Waals surface area (Å²) >= 11 is 0. The Labute approximate surface area is 189 Å². The Morgan fingerprint density at radius 2 is 1.57 bits per heavy atom. The molecule has 0 radical (unpaired) electrons. The Morgan fingerprint density at radius 1 is 1.00 bits per heavy atom. The van der Waals surface area contributed by atoms with E-state index < -0.39 is 14.6 Å². The number of halogens is 1. The number of guanidine groups is 1. The zero-order valence-corrected chi connectivity index (χ0v) is 21.4. The van der Waals surface area contributed by atoms with Crippen LogP contribution in [0.3, 0.4) is 0 Å². The molecule has 2 aliphatic rings. The lowest BCUT2D eigenvalue weighted by molar-refractivity contribution is 0.0368. The highest BCUT2D eigenvalue weighted by Crippen LogP contribution is 2.35. The second kappa shape index (κ2) is 11.3. The van der Waals surface area contributed by atoms with Crippen LogP contribution in [0.2, 0.25) is 0 Å². The molecule has 8 heteroatoms. The molecule has 28 heavy (non-hydrogen) atoms. The van der Waals surface area contributed by atoms with Crippen LogP contribution in [0.5, 0.6) is 0 Å². The third kappa shape index (κ3) is 7.00. The molecule has 0 amide bonds. The molecule has 0 aromatic rings. The van der Waals surface area contributed by atoms with E-state index in [1.54, 1.807) is 27.8 Å². The number of likely N-dealkylation sites (tertiary alicyclic amines) is 1. The van der Waals surface area contributed by atoms with Gasteiger partial charge in [0.15, 0.2) is 15.8 Å². The summed E-state index contributed by atoms with van der Waals surface area (Å²) in [5, 5.41) is 6.70. The first-order valence-electron chi connectivity index (χ1n) is 10.6. The van der Waals surface area contributed by atoms with Crippen molar-refractivity contribution in [1.29, 1.82) is 0 Å². The van der Waals surface area contributed by atoms with E-state index in [1.165, 1.54) is 64.5 Å². The maximum absolute atomic E-state index is 12.3. The summed E-state index contributed by atoms with van der Waals surface area (Å²) < 4.78 is 23.8. The fourth-order valence-electron chi connectivity index (χ4n) is 4.26. The number of hydrogen-bond acceptors (Lipinski definition) is 4. The summed E-state index contributed by atoms with van der Waals surface area (Å²) in [6.45, 7) is 8.94. The van der Waals surface area contributed by atoms with Gasteiger partial charge in [0.1, 0.15) is 0 Å². The second-order valence-electron chi connectivity index (χ2n) is 9.12. The molecule has 1 saturated carbocycles. The molecule has 1 saturated heterocycles. The number of rotatable bonds is 6. The maximum Gasteiger partial charge on any atom is 0.191 e. The van der Waals surface area contributed by atoms with Crippen molar-refractivity contribution in [1.82, 2.24) is 15.5 Å². The molecule has 0 unspecified atom stereocenters. The Bertz CT molecular complexity index is 590. The van der Waals surface area contributed by atoms with Gasteiger partial charge in [-0.05, 0) is 59.5 Å². The predicted molar refractivity (Wildman–Crippen MR) is 130 cm³/mol. The summed E-state index contributed by atoms with van der Waals surface area (Å²) in [4.78, 5) is 7.02. The minimum Gasteiger partial charge on any atom is -0.355 e. The van der Waals surface area contributed by atoms with Crippen LogP contribution in [-0.4, -0.2) is 68.5 Å². The van der Waals surface area contributed by atoms with E-state index in [9.17, 15) is 8.42 Å². The van der Waals surface area contributed by atoms with Gasteiger partial charge in [-0.1, -0.05) is 25.7 Å². The fourth-order valence-corrected chi connectivity index (χ4v) is 5.24. The summed E-state index contributed by atoms with van der Waals surface area (Å²) in [7, 11) is -1.37. The lowest BCUT2D eigenvalue weighted by Crippen LogP contribution is -2.59. The van der Waals surface area contributed by atoms with Crippen LogP contribution < -0.4 is 10.6 Å². The molecule has 166 valence electrons. The number of sulfone groups is 1. The normalized spacial score (nSPS) is 21.6. The van der Waals surface area contributed by atoms with E-state index in [-0.39, 0.29) is 35.3 Å². The second-order valence-corrected chi connectivity index (χ2v) is 12.0. The third-order valence-electron chi connectivity index (χ3n) is 6.22. The SMILES string of the molecule is CN=C(NCCS(=O)(=O)C(C)(C)C)NCC1(N2CCCCC2)CCCCC1.I. The molecule has 0 aromatic carbocycles. The van der Waals surface area contributed by atoms with Crippen LogP contribution in [0.1, 0.15) is 72.1 Å². The van der Waals surface area contributed by atoms with Crippen LogP contribution in [0.15, 0.2) is 4.99 Å². The zero-order chi connectivity index (χ0) is 20.0. The number of nitrogens with one attached hydrogen (secondary N) is 2.